The number of carbonyl (C=O) groups is 1. The standard InChI is InChI=1S/C19H22N2O3S/c1-4-13-20-19(22)17-9-7-16(8-10-17)14-21(3)25(23,24)18-11-5-15(2)6-12-18/h4-12H,1,13-14H2,2-3H3,(H,20,22). The monoisotopic (exact) mass is 358 g/mol. The summed E-state index contributed by atoms with van der Waals surface area (Å²) >= 11 is 0. The number of nitrogens with one attached hydrogen (secondary N) is 1. The van der Waals surface area contributed by atoms with E-state index in [9.17, 15) is 13.2 Å². The Morgan fingerprint density at radius 3 is 2.28 bits per heavy atom. The molecule has 0 unspecified atom stereocenters. The summed E-state index contributed by atoms with van der Waals surface area (Å²) in [5, 5.41) is 2.70. The molecule has 25 heavy (non-hydrogen) atoms. The first kappa shape index (κ1) is 18.9. The molecule has 2 rings (SSSR count). The van der Waals surface area contributed by atoms with Gasteiger partial charge in [-0.05, 0) is 36.8 Å². The van der Waals surface area contributed by atoms with Crippen LogP contribution in [0.5, 0.6) is 0 Å². The lowest BCUT2D eigenvalue weighted by Crippen LogP contribution is -2.26. The largest absolute Gasteiger partial charge is 0.349 e. The van der Waals surface area contributed by atoms with Crippen molar-refractivity contribution in [3.05, 3.63) is 77.9 Å². The molecule has 0 saturated carbocycles. The van der Waals surface area contributed by atoms with Gasteiger partial charge in [0.15, 0.2) is 0 Å². The molecule has 6 heteroatoms. The van der Waals surface area contributed by atoms with E-state index in [1.807, 2.05) is 6.92 Å². The van der Waals surface area contributed by atoms with Crippen molar-refractivity contribution in [3.63, 3.8) is 0 Å². The molecule has 0 atom stereocenters. The second kappa shape index (κ2) is 8.09. The van der Waals surface area contributed by atoms with Gasteiger partial charge in [0, 0.05) is 25.7 Å². The quantitative estimate of drug-likeness (QED) is 0.774. The smallest absolute Gasteiger partial charge is 0.251 e. The topological polar surface area (TPSA) is 66.5 Å². The molecular weight excluding hydrogens is 336 g/mol. The van der Waals surface area contributed by atoms with E-state index in [0.29, 0.717) is 12.1 Å². The molecule has 0 fully saturated rings. The number of rotatable bonds is 7. The molecule has 0 aliphatic rings. The van der Waals surface area contributed by atoms with Crippen molar-refractivity contribution in [2.75, 3.05) is 13.6 Å². The van der Waals surface area contributed by atoms with Crippen LogP contribution in [0.25, 0.3) is 0 Å². The van der Waals surface area contributed by atoms with Crippen molar-refractivity contribution in [1.29, 1.82) is 0 Å². The van der Waals surface area contributed by atoms with Crippen molar-refractivity contribution in [2.45, 2.75) is 18.4 Å². The average molecular weight is 358 g/mol. The molecule has 132 valence electrons. The van der Waals surface area contributed by atoms with Crippen LogP contribution in [0.4, 0.5) is 0 Å². The summed E-state index contributed by atoms with van der Waals surface area (Å²) in [5.74, 6) is -0.188. The highest BCUT2D eigenvalue weighted by atomic mass is 32.2. The van der Waals surface area contributed by atoms with E-state index >= 15 is 0 Å². The molecule has 5 nitrogen and oxygen atoms in total. The highest BCUT2D eigenvalue weighted by Gasteiger charge is 2.20. The van der Waals surface area contributed by atoms with E-state index in [0.717, 1.165) is 11.1 Å². The van der Waals surface area contributed by atoms with Crippen LogP contribution < -0.4 is 5.32 Å². The second-order valence-corrected chi connectivity index (χ2v) is 7.81. The SMILES string of the molecule is C=CCNC(=O)c1ccc(CN(C)S(=O)(=O)c2ccc(C)cc2)cc1. The van der Waals surface area contributed by atoms with Gasteiger partial charge in [0.1, 0.15) is 0 Å². The molecule has 0 saturated heterocycles. The first-order chi connectivity index (χ1) is 11.8. The van der Waals surface area contributed by atoms with Crippen molar-refractivity contribution in [2.24, 2.45) is 0 Å². The fourth-order valence-corrected chi connectivity index (χ4v) is 3.42. The van der Waals surface area contributed by atoms with Gasteiger partial charge in [-0.1, -0.05) is 35.9 Å². The van der Waals surface area contributed by atoms with Gasteiger partial charge in [-0.3, -0.25) is 4.79 Å². The van der Waals surface area contributed by atoms with Crippen LogP contribution in [0.3, 0.4) is 0 Å². The van der Waals surface area contributed by atoms with Crippen molar-refractivity contribution < 1.29 is 13.2 Å². The second-order valence-electron chi connectivity index (χ2n) is 5.77. The summed E-state index contributed by atoms with van der Waals surface area (Å²) in [6.45, 7) is 6.09. The molecule has 1 N–H and O–H groups in total. The predicted molar refractivity (Wildman–Crippen MR) is 98.8 cm³/mol. The van der Waals surface area contributed by atoms with Crippen LogP contribution in [-0.4, -0.2) is 32.2 Å². The summed E-state index contributed by atoms with van der Waals surface area (Å²) in [7, 11) is -2.01. The lowest BCUT2D eigenvalue weighted by molar-refractivity contribution is 0.0958. The van der Waals surface area contributed by atoms with Gasteiger partial charge in [0.2, 0.25) is 10.0 Å². The lowest BCUT2D eigenvalue weighted by atomic mass is 10.1. The zero-order chi connectivity index (χ0) is 18.4. The molecule has 0 aliphatic carbocycles. The third kappa shape index (κ3) is 4.78. The Morgan fingerprint density at radius 2 is 1.72 bits per heavy atom. The van der Waals surface area contributed by atoms with Gasteiger partial charge in [0.25, 0.3) is 5.91 Å². The maximum atomic E-state index is 12.6. The molecule has 0 spiro atoms. The molecule has 0 aliphatic heterocycles. The minimum absolute atomic E-state index is 0.188. The Morgan fingerprint density at radius 1 is 1.12 bits per heavy atom. The first-order valence-electron chi connectivity index (χ1n) is 7.85. The van der Waals surface area contributed by atoms with Crippen molar-refractivity contribution in [1.82, 2.24) is 9.62 Å². The molecule has 0 bridgehead atoms. The van der Waals surface area contributed by atoms with E-state index < -0.39 is 10.0 Å². The predicted octanol–water partition coefficient (Wildman–Crippen LogP) is 2.73. The number of amides is 1. The summed E-state index contributed by atoms with van der Waals surface area (Å²) in [6.07, 6.45) is 1.61. The van der Waals surface area contributed by atoms with E-state index in [4.69, 9.17) is 0 Å². The fourth-order valence-electron chi connectivity index (χ4n) is 2.26. The number of carbonyl (C=O) groups excluding carboxylic acids is 1. The van der Waals surface area contributed by atoms with E-state index in [1.54, 1.807) is 61.7 Å². The van der Waals surface area contributed by atoms with Gasteiger partial charge in [-0.2, -0.15) is 4.31 Å². The average Bonchev–Trinajstić information content (AvgIpc) is 2.60. The summed E-state index contributed by atoms with van der Waals surface area (Å²) in [5.41, 5.74) is 2.33. The van der Waals surface area contributed by atoms with Gasteiger partial charge in [-0.25, -0.2) is 8.42 Å². The molecule has 0 aromatic heterocycles. The Labute approximate surface area is 149 Å². The minimum Gasteiger partial charge on any atom is -0.349 e. The number of nitrogens with zero attached hydrogens (tertiary/aromatic N) is 1. The van der Waals surface area contributed by atoms with Gasteiger partial charge in [0.05, 0.1) is 4.90 Å². The third-order valence-electron chi connectivity index (χ3n) is 3.76. The van der Waals surface area contributed by atoms with Crippen LogP contribution in [0.15, 0.2) is 66.1 Å². The molecule has 0 radical (unpaired) electrons. The minimum atomic E-state index is -3.55. The van der Waals surface area contributed by atoms with E-state index in [1.165, 1.54) is 4.31 Å². The Bertz CT molecular complexity index is 841. The molecule has 1 amide bonds. The van der Waals surface area contributed by atoms with Crippen molar-refractivity contribution >= 4 is 15.9 Å². The van der Waals surface area contributed by atoms with Crippen molar-refractivity contribution in [3.8, 4) is 0 Å². The highest BCUT2D eigenvalue weighted by molar-refractivity contribution is 7.89. The molecule has 2 aromatic rings. The number of sulfonamides is 1. The maximum absolute atomic E-state index is 12.6. The van der Waals surface area contributed by atoms with Gasteiger partial charge in [-0.15, -0.1) is 6.58 Å². The first-order valence-corrected chi connectivity index (χ1v) is 9.29. The third-order valence-corrected chi connectivity index (χ3v) is 5.58. The van der Waals surface area contributed by atoms with E-state index in [2.05, 4.69) is 11.9 Å². The van der Waals surface area contributed by atoms with Gasteiger partial charge < -0.3 is 5.32 Å². The fraction of sp³-hybridized carbons (Fsp3) is 0.211. The van der Waals surface area contributed by atoms with Gasteiger partial charge >= 0.3 is 0 Å². The zero-order valence-electron chi connectivity index (χ0n) is 14.4. The molecular formula is C19H22N2O3S. The summed E-state index contributed by atoms with van der Waals surface area (Å²) in [6, 6.07) is 13.6. The molecule has 0 heterocycles. The summed E-state index contributed by atoms with van der Waals surface area (Å²) in [4.78, 5) is 12.1. The maximum Gasteiger partial charge on any atom is 0.251 e. The van der Waals surface area contributed by atoms with Crippen LogP contribution in [-0.2, 0) is 16.6 Å². The van der Waals surface area contributed by atoms with E-state index in [-0.39, 0.29) is 17.3 Å². The normalized spacial score (nSPS) is 11.3. The van der Waals surface area contributed by atoms with Crippen LogP contribution in [0, 0.1) is 6.92 Å². The highest BCUT2D eigenvalue weighted by Crippen LogP contribution is 2.17. The summed E-state index contributed by atoms with van der Waals surface area (Å²) < 4.78 is 26.5. The van der Waals surface area contributed by atoms with Crippen LogP contribution in [0.2, 0.25) is 0 Å². The van der Waals surface area contributed by atoms with Crippen LogP contribution >= 0.6 is 0 Å². The van der Waals surface area contributed by atoms with Crippen LogP contribution in [0.1, 0.15) is 21.5 Å². The Balaban J connectivity index is 2.09. The number of hydrogen-bond acceptors (Lipinski definition) is 3. The lowest BCUT2D eigenvalue weighted by Gasteiger charge is -2.17. The Hall–Kier alpha value is -2.44. The zero-order valence-corrected chi connectivity index (χ0v) is 15.2. The number of benzene rings is 2. The number of aryl methyl sites for hydroxylation is 1. The number of hydrogen-bond donors (Lipinski definition) is 1. The molecule has 2 aromatic carbocycles. The Kier molecular flexibility index (Phi) is 6.12.